The second kappa shape index (κ2) is 11.6. The third-order valence-electron chi connectivity index (χ3n) is 6.60. The van der Waals surface area contributed by atoms with Gasteiger partial charge in [0, 0.05) is 37.1 Å². The van der Waals surface area contributed by atoms with Crippen molar-refractivity contribution in [3.63, 3.8) is 0 Å². The van der Waals surface area contributed by atoms with Crippen LogP contribution in [0.4, 0.5) is 23.4 Å². The van der Waals surface area contributed by atoms with Crippen molar-refractivity contribution >= 4 is 22.6 Å². The number of hydrogen-bond acceptors (Lipinski definition) is 7. The smallest absolute Gasteiger partial charge is 0.322 e. The Morgan fingerprint density at radius 1 is 1.19 bits per heavy atom. The van der Waals surface area contributed by atoms with Crippen LogP contribution in [0.1, 0.15) is 23.2 Å². The maximum Gasteiger partial charge on any atom is 0.322 e. The number of halogens is 4. The SMILES string of the molecule is C=CC(=O)NCc1ccc(-c2c(-c3ccc(Oc4nccc(C(F)F)n4)c(F)c3)c3c(N)ncc(C#N)c3n2C)c(F)c1. The lowest BCUT2D eigenvalue weighted by Gasteiger charge is -2.13. The molecular formula is C30H21F4N7O2. The van der Waals surface area contributed by atoms with Crippen molar-refractivity contribution in [3.8, 4) is 40.2 Å². The number of nitrogen functional groups attached to an aromatic ring is 1. The molecule has 0 spiro atoms. The van der Waals surface area contributed by atoms with Crippen LogP contribution in [0.3, 0.4) is 0 Å². The van der Waals surface area contributed by atoms with Gasteiger partial charge in [-0.25, -0.2) is 27.5 Å². The van der Waals surface area contributed by atoms with Crippen LogP contribution >= 0.6 is 0 Å². The van der Waals surface area contributed by atoms with Gasteiger partial charge < -0.3 is 20.4 Å². The molecule has 0 aliphatic heterocycles. The van der Waals surface area contributed by atoms with Crippen LogP contribution in [0.15, 0.2) is 67.5 Å². The van der Waals surface area contributed by atoms with Crippen molar-refractivity contribution in [3.05, 3.63) is 96.0 Å². The quantitative estimate of drug-likeness (QED) is 0.169. The highest BCUT2D eigenvalue weighted by Crippen LogP contribution is 2.44. The largest absolute Gasteiger partial charge is 0.421 e. The number of benzene rings is 2. The number of nitrogens with one attached hydrogen (secondary N) is 1. The molecule has 0 saturated carbocycles. The minimum Gasteiger partial charge on any atom is -0.421 e. The first-order chi connectivity index (χ1) is 20.6. The number of ether oxygens (including phenoxy) is 1. The fraction of sp³-hybridized carbons (Fsp3) is 0.100. The molecule has 0 radical (unpaired) electrons. The van der Waals surface area contributed by atoms with Gasteiger partial charge in [-0.1, -0.05) is 18.7 Å². The van der Waals surface area contributed by atoms with E-state index in [1.54, 1.807) is 17.7 Å². The first-order valence-electron chi connectivity index (χ1n) is 12.6. The Kier molecular flexibility index (Phi) is 7.76. The molecule has 0 fully saturated rings. The van der Waals surface area contributed by atoms with Crippen LogP contribution in [0.5, 0.6) is 11.8 Å². The average molecular weight is 588 g/mol. The van der Waals surface area contributed by atoms with E-state index >= 15 is 8.78 Å². The average Bonchev–Trinajstić information content (AvgIpc) is 3.30. The molecule has 0 unspecified atom stereocenters. The molecule has 3 N–H and O–H groups in total. The summed E-state index contributed by atoms with van der Waals surface area (Å²) in [5.74, 6) is -2.30. The van der Waals surface area contributed by atoms with Gasteiger partial charge in [-0.2, -0.15) is 10.2 Å². The number of hydrogen-bond donors (Lipinski definition) is 2. The Bertz CT molecular complexity index is 1950. The molecular weight excluding hydrogens is 566 g/mol. The number of anilines is 1. The molecule has 0 aliphatic rings. The molecule has 43 heavy (non-hydrogen) atoms. The van der Waals surface area contributed by atoms with Gasteiger partial charge in [-0.15, -0.1) is 0 Å². The molecule has 0 saturated heterocycles. The predicted molar refractivity (Wildman–Crippen MR) is 150 cm³/mol. The van der Waals surface area contributed by atoms with Crippen LogP contribution in [0.25, 0.3) is 33.3 Å². The molecule has 3 aromatic heterocycles. The first kappa shape index (κ1) is 28.7. The number of nitriles is 1. The standard InChI is InChI=1S/C30H21F4N7O2/c1-3-23(42)38-13-15-4-6-18(19(31)10-15)27-24(25-26(41(27)2)17(12-35)14-39-29(25)36)16-5-7-22(20(32)11-16)43-30-37-9-8-21(40-30)28(33)34/h3-11,14,28H,1,13H2,2H3,(H2,36,39)(H,38,42). The predicted octanol–water partition coefficient (Wildman–Crippen LogP) is 5.96. The molecule has 1 amide bonds. The molecule has 2 aromatic carbocycles. The molecule has 0 aliphatic carbocycles. The number of alkyl halides is 2. The molecule has 9 nitrogen and oxygen atoms in total. The summed E-state index contributed by atoms with van der Waals surface area (Å²) in [7, 11) is 1.61. The minimum atomic E-state index is -2.87. The molecule has 3 heterocycles. The number of rotatable bonds is 8. The van der Waals surface area contributed by atoms with Gasteiger partial charge in [0.2, 0.25) is 5.91 Å². The summed E-state index contributed by atoms with van der Waals surface area (Å²) in [6.07, 6.45) is 0.576. The van der Waals surface area contributed by atoms with Crippen LogP contribution in [0.2, 0.25) is 0 Å². The number of aromatic nitrogens is 4. The number of carbonyl (C=O) groups excluding carboxylic acids is 1. The summed E-state index contributed by atoms with van der Waals surface area (Å²) < 4.78 is 64.1. The summed E-state index contributed by atoms with van der Waals surface area (Å²) in [6.45, 7) is 3.43. The van der Waals surface area contributed by atoms with Gasteiger partial charge in [0.15, 0.2) is 11.6 Å². The topological polar surface area (TPSA) is 132 Å². The van der Waals surface area contributed by atoms with E-state index in [-0.39, 0.29) is 46.1 Å². The van der Waals surface area contributed by atoms with E-state index in [1.807, 2.05) is 0 Å². The summed E-state index contributed by atoms with van der Waals surface area (Å²) in [5.41, 5.74) is 7.54. The Labute approximate surface area is 241 Å². The lowest BCUT2D eigenvalue weighted by molar-refractivity contribution is -0.116. The molecule has 0 atom stereocenters. The highest BCUT2D eigenvalue weighted by molar-refractivity contribution is 6.10. The summed E-state index contributed by atoms with van der Waals surface area (Å²) in [6, 6.07) is 10.7. The number of carbonyl (C=O) groups is 1. The Balaban J connectivity index is 1.66. The fourth-order valence-corrected chi connectivity index (χ4v) is 4.67. The summed E-state index contributed by atoms with van der Waals surface area (Å²) >= 11 is 0. The lowest BCUT2D eigenvalue weighted by atomic mass is 9.97. The third-order valence-corrected chi connectivity index (χ3v) is 6.60. The third kappa shape index (κ3) is 5.45. The number of aryl methyl sites for hydroxylation is 1. The zero-order chi connectivity index (χ0) is 30.8. The Hall–Kier alpha value is -5.77. The Morgan fingerprint density at radius 3 is 2.65 bits per heavy atom. The molecule has 0 bridgehead atoms. The van der Waals surface area contributed by atoms with Crippen molar-refractivity contribution in [2.45, 2.75) is 13.0 Å². The zero-order valence-corrected chi connectivity index (χ0v) is 22.4. The van der Waals surface area contributed by atoms with Crippen molar-refractivity contribution < 1.29 is 27.1 Å². The van der Waals surface area contributed by atoms with Crippen LogP contribution in [-0.4, -0.2) is 25.4 Å². The number of fused-ring (bicyclic) bond motifs is 1. The van der Waals surface area contributed by atoms with Crippen molar-refractivity contribution in [1.82, 2.24) is 24.8 Å². The number of nitrogens with two attached hydrogens (primary N) is 1. The van der Waals surface area contributed by atoms with E-state index < -0.39 is 35.7 Å². The van der Waals surface area contributed by atoms with Crippen molar-refractivity contribution in [2.24, 2.45) is 7.05 Å². The highest BCUT2D eigenvalue weighted by atomic mass is 19.3. The molecule has 5 aromatic rings. The van der Waals surface area contributed by atoms with E-state index in [2.05, 4.69) is 32.9 Å². The van der Waals surface area contributed by atoms with Gasteiger partial charge in [-0.05, 0) is 47.5 Å². The summed E-state index contributed by atoms with van der Waals surface area (Å²) in [4.78, 5) is 23.0. The maximum absolute atomic E-state index is 15.7. The first-order valence-corrected chi connectivity index (χ1v) is 12.6. The van der Waals surface area contributed by atoms with Crippen molar-refractivity contribution in [1.29, 1.82) is 5.26 Å². The molecule has 13 heteroatoms. The number of pyridine rings is 1. The minimum absolute atomic E-state index is 0.0213. The zero-order valence-electron chi connectivity index (χ0n) is 22.4. The van der Waals surface area contributed by atoms with Gasteiger partial charge in [-0.3, -0.25) is 4.79 Å². The van der Waals surface area contributed by atoms with E-state index in [0.29, 0.717) is 16.5 Å². The fourth-order valence-electron chi connectivity index (χ4n) is 4.67. The lowest BCUT2D eigenvalue weighted by Crippen LogP contribution is -2.20. The van der Waals surface area contributed by atoms with E-state index in [1.165, 1.54) is 30.5 Å². The second-order valence-corrected chi connectivity index (χ2v) is 9.22. The van der Waals surface area contributed by atoms with E-state index in [4.69, 9.17) is 10.5 Å². The van der Waals surface area contributed by atoms with Gasteiger partial charge in [0.25, 0.3) is 6.43 Å². The number of nitrogens with zero attached hydrogens (tertiary/aromatic N) is 5. The second-order valence-electron chi connectivity index (χ2n) is 9.22. The normalized spacial score (nSPS) is 11.0. The summed E-state index contributed by atoms with van der Waals surface area (Å²) in [5, 5.41) is 12.7. The van der Waals surface area contributed by atoms with Gasteiger partial charge in [0.05, 0.1) is 22.2 Å². The van der Waals surface area contributed by atoms with Gasteiger partial charge in [0.1, 0.15) is 23.4 Å². The Morgan fingerprint density at radius 2 is 1.98 bits per heavy atom. The van der Waals surface area contributed by atoms with Crippen LogP contribution in [-0.2, 0) is 18.4 Å². The monoisotopic (exact) mass is 587 g/mol. The number of amides is 1. The van der Waals surface area contributed by atoms with Crippen LogP contribution < -0.4 is 15.8 Å². The molecule has 5 rings (SSSR count). The van der Waals surface area contributed by atoms with Gasteiger partial charge >= 0.3 is 6.01 Å². The van der Waals surface area contributed by atoms with Crippen molar-refractivity contribution in [2.75, 3.05) is 5.73 Å². The maximum atomic E-state index is 15.7. The molecule has 216 valence electrons. The van der Waals surface area contributed by atoms with Crippen LogP contribution in [0, 0.1) is 23.0 Å². The van der Waals surface area contributed by atoms with E-state index in [9.17, 15) is 18.8 Å². The van der Waals surface area contributed by atoms with E-state index in [0.717, 1.165) is 24.4 Å². The highest BCUT2D eigenvalue weighted by Gasteiger charge is 2.26.